The molecule has 1 heterocycles. The molecule has 0 spiro atoms. The smallest absolute Gasteiger partial charge is 0.191 e. The standard InChI is InChI=1S/C14H15N5S/c1-10(13-7-2-3-8-16-13)18-19-14(20)17-12-6-4-5-11(15)9-12/h2-9H,15H2,1H3,(H2,17,19,20)/b18-10+. The molecule has 0 atom stereocenters. The normalized spacial score (nSPS) is 10.9. The van der Waals surface area contributed by atoms with Gasteiger partial charge in [-0.15, -0.1) is 0 Å². The monoisotopic (exact) mass is 285 g/mol. The Kier molecular flexibility index (Phi) is 4.62. The molecule has 4 N–H and O–H groups in total. The van der Waals surface area contributed by atoms with E-state index < -0.39 is 0 Å². The maximum absolute atomic E-state index is 5.69. The Morgan fingerprint density at radius 3 is 2.80 bits per heavy atom. The summed E-state index contributed by atoms with van der Waals surface area (Å²) in [6, 6.07) is 13.0. The van der Waals surface area contributed by atoms with E-state index in [0.717, 1.165) is 17.1 Å². The van der Waals surface area contributed by atoms with Gasteiger partial charge in [0.15, 0.2) is 5.11 Å². The minimum atomic E-state index is 0.394. The van der Waals surface area contributed by atoms with Crippen molar-refractivity contribution in [1.29, 1.82) is 0 Å². The quantitative estimate of drug-likeness (QED) is 0.349. The van der Waals surface area contributed by atoms with E-state index in [2.05, 4.69) is 20.8 Å². The SMILES string of the molecule is C/C(=N\NC(=S)Nc1cccc(N)c1)c1ccccn1. The number of anilines is 2. The Morgan fingerprint density at radius 1 is 1.25 bits per heavy atom. The van der Waals surface area contributed by atoms with Crippen LogP contribution in [0.15, 0.2) is 53.8 Å². The third-order valence-electron chi connectivity index (χ3n) is 2.51. The minimum absolute atomic E-state index is 0.394. The third-order valence-corrected chi connectivity index (χ3v) is 2.70. The highest BCUT2D eigenvalue weighted by Crippen LogP contribution is 2.11. The molecule has 0 aliphatic rings. The number of hydrazone groups is 1. The molecule has 5 nitrogen and oxygen atoms in total. The second-order valence-electron chi connectivity index (χ2n) is 4.10. The van der Waals surface area contributed by atoms with Crippen LogP contribution in [0.5, 0.6) is 0 Å². The van der Waals surface area contributed by atoms with Crippen LogP contribution in [0.1, 0.15) is 12.6 Å². The van der Waals surface area contributed by atoms with Crippen molar-refractivity contribution in [3.63, 3.8) is 0 Å². The number of rotatable bonds is 3. The van der Waals surface area contributed by atoms with E-state index in [-0.39, 0.29) is 0 Å². The van der Waals surface area contributed by atoms with Crippen molar-refractivity contribution in [2.75, 3.05) is 11.1 Å². The van der Waals surface area contributed by atoms with Crippen LogP contribution in [-0.4, -0.2) is 15.8 Å². The van der Waals surface area contributed by atoms with Crippen LogP contribution < -0.4 is 16.5 Å². The van der Waals surface area contributed by atoms with E-state index in [1.807, 2.05) is 43.3 Å². The molecule has 20 heavy (non-hydrogen) atoms. The molecule has 0 bridgehead atoms. The van der Waals surface area contributed by atoms with Gasteiger partial charge in [0.1, 0.15) is 0 Å². The van der Waals surface area contributed by atoms with E-state index in [0.29, 0.717) is 10.8 Å². The lowest BCUT2D eigenvalue weighted by atomic mass is 10.3. The lowest BCUT2D eigenvalue weighted by molar-refractivity contribution is 1.03. The minimum Gasteiger partial charge on any atom is -0.399 e. The summed E-state index contributed by atoms with van der Waals surface area (Å²) in [4.78, 5) is 4.20. The summed E-state index contributed by atoms with van der Waals surface area (Å²) < 4.78 is 0. The molecule has 0 saturated heterocycles. The van der Waals surface area contributed by atoms with E-state index in [1.54, 1.807) is 12.3 Å². The van der Waals surface area contributed by atoms with E-state index in [4.69, 9.17) is 18.0 Å². The Morgan fingerprint density at radius 2 is 2.10 bits per heavy atom. The number of hydrogen-bond donors (Lipinski definition) is 3. The van der Waals surface area contributed by atoms with Crippen LogP contribution in [0, 0.1) is 0 Å². The Labute approximate surface area is 122 Å². The summed E-state index contributed by atoms with van der Waals surface area (Å²) in [5.41, 5.74) is 11.5. The average Bonchev–Trinajstić information content (AvgIpc) is 2.46. The first kappa shape index (κ1) is 14.0. The number of nitrogen functional groups attached to an aromatic ring is 1. The lowest BCUT2D eigenvalue weighted by Gasteiger charge is -2.08. The molecule has 2 aromatic rings. The number of benzene rings is 1. The van der Waals surface area contributed by atoms with Gasteiger partial charge in [-0.2, -0.15) is 5.10 Å². The van der Waals surface area contributed by atoms with Gasteiger partial charge in [-0.05, 0) is 49.5 Å². The molecule has 0 fully saturated rings. The third kappa shape index (κ3) is 4.03. The number of aromatic nitrogens is 1. The molecule has 0 aliphatic heterocycles. The Hall–Kier alpha value is -2.47. The van der Waals surface area contributed by atoms with Crippen LogP contribution >= 0.6 is 12.2 Å². The second-order valence-corrected chi connectivity index (χ2v) is 4.51. The number of nitrogens with zero attached hydrogens (tertiary/aromatic N) is 2. The number of nitrogens with two attached hydrogens (primary N) is 1. The fourth-order valence-corrected chi connectivity index (χ4v) is 1.71. The van der Waals surface area contributed by atoms with Gasteiger partial charge in [-0.1, -0.05) is 12.1 Å². The van der Waals surface area contributed by atoms with Gasteiger partial charge in [0, 0.05) is 17.6 Å². The summed E-state index contributed by atoms with van der Waals surface area (Å²) in [5, 5.41) is 7.58. The molecule has 0 radical (unpaired) electrons. The zero-order valence-electron chi connectivity index (χ0n) is 11.0. The van der Waals surface area contributed by atoms with Gasteiger partial charge in [-0.3, -0.25) is 10.4 Å². The van der Waals surface area contributed by atoms with Crippen LogP contribution in [0.4, 0.5) is 11.4 Å². The molecule has 2 rings (SSSR count). The fourth-order valence-electron chi connectivity index (χ4n) is 1.54. The van der Waals surface area contributed by atoms with Crippen LogP contribution in [0.3, 0.4) is 0 Å². The van der Waals surface area contributed by atoms with Gasteiger partial charge < -0.3 is 11.1 Å². The molecule has 0 unspecified atom stereocenters. The molecule has 0 saturated carbocycles. The zero-order valence-corrected chi connectivity index (χ0v) is 11.8. The highest BCUT2D eigenvalue weighted by Gasteiger charge is 1.99. The molecule has 1 aromatic carbocycles. The molecule has 6 heteroatoms. The van der Waals surface area contributed by atoms with Gasteiger partial charge in [-0.25, -0.2) is 0 Å². The van der Waals surface area contributed by atoms with Crippen LogP contribution in [0.25, 0.3) is 0 Å². The van der Waals surface area contributed by atoms with Gasteiger partial charge >= 0.3 is 0 Å². The summed E-state index contributed by atoms with van der Waals surface area (Å²) in [7, 11) is 0. The lowest BCUT2D eigenvalue weighted by Crippen LogP contribution is -2.25. The number of hydrogen-bond acceptors (Lipinski definition) is 4. The number of pyridine rings is 1. The van der Waals surface area contributed by atoms with Gasteiger partial charge in [0.25, 0.3) is 0 Å². The fraction of sp³-hybridized carbons (Fsp3) is 0.0714. The zero-order chi connectivity index (χ0) is 14.4. The highest BCUT2D eigenvalue weighted by molar-refractivity contribution is 7.80. The molecular weight excluding hydrogens is 270 g/mol. The van der Waals surface area contributed by atoms with E-state index in [1.165, 1.54) is 0 Å². The molecular formula is C14H15N5S. The van der Waals surface area contributed by atoms with E-state index in [9.17, 15) is 0 Å². The summed E-state index contributed by atoms with van der Waals surface area (Å²) in [5.74, 6) is 0. The summed E-state index contributed by atoms with van der Waals surface area (Å²) in [6.45, 7) is 1.86. The molecule has 0 amide bonds. The maximum atomic E-state index is 5.69. The van der Waals surface area contributed by atoms with Crippen LogP contribution in [-0.2, 0) is 0 Å². The molecule has 102 valence electrons. The van der Waals surface area contributed by atoms with Crippen molar-refractivity contribution >= 4 is 34.4 Å². The predicted octanol–water partition coefficient (Wildman–Crippen LogP) is 2.37. The van der Waals surface area contributed by atoms with Crippen molar-refractivity contribution in [3.05, 3.63) is 54.4 Å². The second kappa shape index (κ2) is 6.63. The summed E-state index contributed by atoms with van der Waals surface area (Å²) >= 11 is 5.16. The Bertz CT molecular complexity index is 624. The maximum Gasteiger partial charge on any atom is 0.191 e. The predicted molar refractivity (Wildman–Crippen MR) is 86.7 cm³/mol. The summed E-state index contributed by atoms with van der Waals surface area (Å²) in [6.07, 6.45) is 1.72. The first-order valence-corrected chi connectivity index (χ1v) is 6.44. The van der Waals surface area contributed by atoms with Crippen molar-refractivity contribution < 1.29 is 0 Å². The van der Waals surface area contributed by atoms with Crippen molar-refractivity contribution in [1.82, 2.24) is 10.4 Å². The topological polar surface area (TPSA) is 75.3 Å². The van der Waals surface area contributed by atoms with Gasteiger partial charge in [0.05, 0.1) is 11.4 Å². The van der Waals surface area contributed by atoms with Gasteiger partial charge in [0.2, 0.25) is 0 Å². The van der Waals surface area contributed by atoms with E-state index >= 15 is 0 Å². The Balaban J connectivity index is 1.95. The van der Waals surface area contributed by atoms with Crippen molar-refractivity contribution in [2.24, 2.45) is 5.10 Å². The first-order valence-electron chi connectivity index (χ1n) is 6.03. The number of nitrogens with one attached hydrogen (secondary N) is 2. The molecule has 0 aliphatic carbocycles. The van der Waals surface area contributed by atoms with Crippen molar-refractivity contribution in [2.45, 2.75) is 6.92 Å². The molecule has 1 aromatic heterocycles. The first-order chi connectivity index (χ1) is 9.65. The largest absolute Gasteiger partial charge is 0.399 e. The van der Waals surface area contributed by atoms with Crippen LogP contribution in [0.2, 0.25) is 0 Å². The highest BCUT2D eigenvalue weighted by atomic mass is 32.1. The number of thiocarbonyl (C=S) groups is 1. The average molecular weight is 285 g/mol. The van der Waals surface area contributed by atoms with Crippen molar-refractivity contribution in [3.8, 4) is 0 Å².